The van der Waals surface area contributed by atoms with Crippen molar-refractivity contribution in [1.29, 1.82) is 0 Å². The van der Waals surface area contributed by atoms with Gasteiger partial charge in [-0.2, -0.15) is 4.31 Å². The van der Waals surface area contributed by atoms with E-state index >= 15 is 0 Å². The van der Waals surface area contributed by atoms with Crippen LogP contribution in [-0.4, -0.2) is 31.9 Å². The van der Waals surface area contributed by atoms with Crippen molar-refractivity contribution in [3.8, 4) is 0 Å². The molecule has 0 saturated carbocycles. The van der Waals surface area contributed by atoms with E-state index in [1.807, 2.05) is 19.1 Å². The largest absolute Gasteiger partial charge is 0.327 e. The zero-order valence-electron chi connectivity index (χ0n) is 10.7. The summed E-state index contributed by atoms with van der Waals surface area (Å²) in [5, 5.41) is 0. The predicted octanol–water partition coefficient (Wildman–Crippen LogP) is 2.29. The second-order valence-corrected chi connectivity index (χ2v) is 7.46. The second-order valence-electron chi connectivity index (χ2n) is 4.70. The third-order valence-corrected chi connectivity index (χ3v) is 5.97. The number of hydrogen-bond acceptors (Lipinski definition) is 3. The van der Waals surface area contributed by atoms with Gasteiger partial charge in [0, 0.05) is 23.6 Å². The lowest BCUT2D eigenvalue weighted by Gasteiger charge is -2.30. The van der Waals surface area contributed by atoms with Crippen molar-refractivity contribution in [1.82, 2.24) is 4.31 Å². The van der Waals surface area contributed by atoms with Crippen LogP contribution in [0.15, 0.2) is 27.6 Å². The third-order valence-electron chi connectivity index (χ3n) is 3.13. The molecule has 7 heteroatoms. The van der Waals surface area contributed by atoms with Crippen LogP contribution in [0.2, 0.25) is 0 Å². The number of rotatable bonds is 2. The zero-order valence-corrected chi connectivity index (χ0v) is 13.9. The number of hydrogen-bond donors (Lipinski definition) is 1. The average Bonchev–Trinajstić information content (AvgIpc) is 2.28. The Morgan fingerprint density at radius 1 is 1.42 bits per heavy atom. The van der Waals surface area contributed by atoms with Crippen LogP contribution in [0.25, 0.3) is 0 Å². The maximum Gasteiger partial charge on any atom is 0.244 e. The molecule has 2 N–H and O–H groups in total. The van der Waals surface area contributed by atoms with E-state index in [1.54, 1.807) is 6.07 Å². The summed E-state index contributed by atoms with van der Waals surface area (Å²) < 4.78 is 27.1. The SMILES string of the molecule is Cc1ccc(S(=O)(=O)N2CCCC(N)C2)c(Br)c1.Cl. The maximum absolute atomic E-state index is 12.5. The molecule has 0 radical (unpaired) electrons. The molecule has 1 saturated heterocycles. The van der Waals surface area contributed by atoms with Gasteiger partial charge in [-0.1, -0.05) is 6.07 Å². The number of nitrogens with zero attached hydrogens (tertiary/aromatic N) is 1. The molecule has 0 aromatic heterocycles. The zero-order chi connectivity index (χ0) is 13.3. The van der Waals surface area contributed by atoms with E-state index in [0.717, 1.165) is 18.4 Å². The number of benzene rings is 1. The molecule has 1 fully saturated rings. The lowest BCUT2D eigenvalue weighted by molar-refractivity contribution is 0.316. The summed E-state index contributed by atoms with van der Waals surface area (Å²) in [6.07, 6.45) is 1.71. The van der Waals surface area contributed by atoms with Gasteiger partial charge in [0.2, 0.25) is 10.0 Å². The average molecular weight is 370 g/mol. The molecule has 4 nitrogen and oxygen atoms in total. The van der Waals surface area contributed by atoms with Crippen LogP contribution in [0, 0.1) is 6.92 Å². The lowest BCUT2D eigenvalue weighted by atomic mass is 10.1. The predicted molar refractivity (Wildman–Crippen MR) is 82.1 cm³/mol. The number of halogens is 2. The van der Waals surface area contributed by atoms with Crippen LogP contribution in [0.3, 0.4) is 0 Å². The Morgan fingerprint density at radius 3 is 2.68 bits per heavy atom. The molecule has 1 aromatic rings. The van der Waals surface area contributed by atoms with Gasteiger partial charge in [0.25, 0.3) is 0 Å². The molecule has 1 aliphatic rings. The van der Waals surface area contributed by atoms with Crippen LogP contribution in [0.4, 0.5) is 0 Å². The fourth-order valence-electron chi connectivity index (χ4n) is 2.15. The van der Waals surface area contributed by atoms with Gasteiger partial charge in [0.1, 0.15) is 0 Å². The minimum Gasteiger partial charge on any atom is -0.327 e. The molecule has 0 amide bonds. The van der Waals surface area contributed by atoms with Gasteiger partial charge in [-0.25, -0.2) is 8.42 Å². The summed E-state index contributed by atoms with van der Waals surface area (Å²) in [5.41, 5.74) is 6.87. The minimum atomic E-state index is -3.44. The maximum atomic E-state index is 12.5. The number of aryl methyl sites for hydroxylation is 1. The van der Waals surface area contributed by atoms with Gasteiger partial charge in [0.05, 0.1) is 4.90 Å². The van der Waals surface area contributed by atoms with Gasteiger partial charge in [0.15, 0.2) is 0 Å². The molecule has 108 valence electrons. The van der Waals surface area contributed by atoms with Gasteiger partial charge in [-0.15, -0.1) is 12.4 Å². The van der Waals surface area contributed by atoms with E-state index in [-0.39, 0.29) is 18.4 Å². The van der Waals surface area contributed by atoms with Crippen molar-refractivity contribution in [3.05, 3.63) is 28.2 Å². The number of sulfonamides is 1. The quantitative estimate of drug-likeness (QED) is 0.870. The first kappa shape index (κ1) is 16.9. The highest BCUT2D eigenvalue weighted by Gasteiger charge is 2.30. The van der Waals surface area contributed by atoms with Crippen molar-refractivity contribution in [2.45, 2.75) is 30.7 Å². The van der Waals surface area contributed by atoms with Crippen molar-refractivity contribution < 1.29 is 8.42 Å². The summed E-state index contributed by atoms with van der Waals surface area (Å²) >= 11 is 3.33. The Kier molecular flexibility index (Phi) is 5.82. The Balaban J connectivity index is 0.00000180. The Hall–Kier alpha value is -0.140. The molecule has 2 rings (SSSR count). The number of piperidine rings is 1. The van der Waals surface area contributed by atoms with Crippen LogP contribution < -0.4 is 5.73 Å². The third kappa shape index (κ3) is 3.70. The van der Waals surface area contributed by atoms with E-state index in [1.165, 1.54) is 4.31 Å². The van der Waals surface area contributed by atoms with Crippen molar-refractivity contribution in [3.63, 3.8) is 0 Å². The summed E-state index contributed by atoms with van der Waals surface area (Å²) in [5.74, 6) is 0. The summed E-state index contributed by atoms with van der Waals surface area (Å²) in [6, 6.07) is 5.21. The first-order valence-corrected chi connectivity index (χ1v) is 8.16. The Morgan fingerprint density at radius 2 is 2.11 bits per heavy atom. The van der Waals surface area contributed by atoms with Crippen LogP contribution in [0.1, 0.15) is 18.4 Å². The van der Waals surface area contributed by atoms with Crippen LogP contribution in [0.5, 0.6) is 0 Å². The molecule has 0 bridgehead atoms. The minimum absolute atomic E-state index is 0. The highest BCUT2D eigenvalue weighted by molar-refractivity contribution is 9.10. The van der Waals surface area contributed by atoms with Crippen LogP contribution >= 0.6 is 28.3 Å². The topological polar surface area (TPSA) is 63.4 Å². The van der Waals surface area contributed by atoms with E-state index in [4.69, 9.17) is 5.73 Å². The van der Waals surface area contributed by atoms with Gasteiger partial charge in [-0.3, -0.25) is 0 Å². The molecule has 0 spiro atoms. The fraction of sp³-hybridized carbons (Fsp3) is 0.500. The molecule has 1 aliphatic heterocycles. The molecule has 1 unspecified atom stereocenters. The normalized spacial score (nSPS) is 20.9. The molecule has 19 heavy (non-hydrogen) atoms. The monoisotopic (exact) mass is 368 g/mol. The standard InChI is InChI=1S/C12H17BrN2O2S.ClH/c1-9-4-5-12(11(13)7-9)18(16,17)15-6-2-3-10(14)8-15;/h4-5,7,10H,2-3,6,8,14H2,1H3;1H. The molecule has 0 aliphatic carbocycles. The smallest absolute Gasteiger partial charge is 0.244 e. The second kappa shape index (κ2) is 6.54. The van der Waals surface area contributed by atoms with E-state index in [9.17, 15) is 8.42 Å². The fourth-order valence-corrected chi connectivity index (χ4v) is 4.83. The van der Waals surface area contributed by atoms with Gasteiger partial charge >= 0.3 is 0 Å². The molecular formula is C12H18BrClN2O2S. The van der Waals surface area contributed by atoms with Gasteiger partial charge in [-0.05, 0) is 53.4 Å². The highest BCUT2D eigenvalue weighted by atomic mass is 79.9. The van der Waals surface area contributed by atoms with E-state index < -0.39 is 10.0 Å². The van der Waals surface area contributed by atoms with Gasteiger partial charge < -0.3 is 5.73 Å². The van der Waals surface area contributed by atoms with Crippen molar-refractivity contribution in [2.24, 2.45) is 5.73 Å². The summed E-state index contributed by atoms with van der Waals surface area (Å²) in [4.78, 5) is 0.321. The number of nitrogens with two attached hydrogens (primary N) is 1. The first-order chi connectivity index (χ1) is 8.41. The molecule has 1 heterocycles. The van der Waals surface area contributed by atoms with E-state index in [0.29, 0.717) is 22.5 Å². The molecular weight excluding hydrogens is 352 g/mol. The van der Waals surface area contributed by atoms with Crippen molar-refractivity contribution in [2.75, 3.05) is 13.1 Å². The first-order valence-electron chi connectivity index (χ1n) is 5.93. The van der Waals surface area contributed by atoms with Crippen LogP contribution in [-0.2, 0) is 10.0 Å². The summed E-state index contributed by atoms with van der Waals surface area (Å²) in [7, 11) is -3.44. The van der Waals surface area contributed by atoms with Crippen molar-refractivity contribution >= 4 is 38.4 Å². The highest BCUT2D eigenvalue weighted by Crippen LogP contribution is 2.27. The summed E-state index contributed by atoms with van der Waals surface area (Å²) in [6.45, 7) is 2.89. The Labute approximate surface area is 128 Å². The Bertz CT molecular complexity index is 551. The lowest BCUT2D eigenvalue weighted by Crippen LogP contribution is -2.45. The van der Waals surface area contributed by atoms with E-state index in [2.05, 4.69) is 15.9 Å². The molecule has 1 atom stereocenters. The molecule has 1 aromatic carbocycles.